The maximum absolute atomic E-state index is 10.5. The Labute approximate surface area is 120 Å². The highest BCUT2D eigenvalue weighted by Gasteiger charge is 2.17. The van der Waals surface area contributed by atoms with Crippen molar-refractivity contribution in [2.75, 3.05) is 0 Å². The molecule has 0 aromatic heterocycles. The summed E-state index contributed by atoms with van der Waals surface area (Å²) in [5.41, 5.74) is 4.31. The van der Waals surface area contributed by atoms with E-state index in [0.29, 0.717) is 13.2 Å². The van der Waals surface area contributed by atoms with Gasteiger partial charge in [0, 0.05) is 3.57 Å². The molecule has 1 unspecified atom stereocenters. The molecule has 0 amide bonds. The second-order valence-corrected chi connectivity index (χ2v) is 5.61. The molecule has 2 aromatic carbocycles. The first-order valence-corrected chi connectivity index (χ1v) is 6.95. The van der Waals surface area contributed by atoms with E-state index >= 15 is 0 Å². The van der Waals surface area contributed by atoms with Crippen molar-refractivity contribution in [2.24, 2.45) is 0 Å². The summed E-state index contributed by atoms with van der Waals surface area (Å²) in [7, 11) is 0. The van der Waals surface area contributed by atoms with Gasteiger partial charge in [0.25, 0.3) is 0 Å². The lowest BCUT2D eigenvalue weighted by atomic mass is 9.98. The van der Waals surface area contributed by atoms with Crippen LogP contribution in [0.2, 0.25) is 0 Å². The fourth-order valence-corrected chi connectivity index (χ4v) is 2.92. The highest BCUT2D eigenvalue weighted by atomic mass is 127. The molecule has 2 aromatic rings. The Hall–Kier alpha value is -0.910. The molecule has 3 heteroatoms. The zero-order valence-electron chi connectivity index (χ0n) is 9.77. The number of hydrogen-bond donors (Lipinski definition) is 1. The molecule has 1 heterocycles. The second-order valence-electron chi connectivity index (χ2n) is 4.44. The molecular weight excluding hydrogens is 339 g/mol. The molecule has 0 fully saturated rings. The molecule has 2 nitrogen and oxygen atoms in total. The summed E-state index contributed by atoms with van der Waals surface area (Å²) in [6.45, 7) is 1.34. The smallest absolute Gasteiger partial charge is 0.105 e. The molecule has 0 bridgehead atoms. The van der Waals surface area contributed by atoms with Crippen molar-refractivity contribution in [2.45, 2.75) is 19.3 Å². The monoisotopic (exact) mass is 352 g/mol. The van der Waals surface area contributed by atoms with Crippen LogP contribution in [0, 0.1) is 3.57 Å². The summed E-state index contributed by atoms with van der Waals surface area (Å²) in [4.78, 5) is 0. The van der Waals surface area contributed by atoms with E-state index in [2.05, 4.69) is 34.7 Å². The lowest BCUT2D eigenvalue weighted by Crippen LogP contribution is -2.02. The Morgan fingerprint density at radius 2 is 1.83 bits per heavy atom. The fourth-order valence-electron chi connectivity index (χ4n) is 2.24. The normalized spacial score (nSPS) is 15.4. The van der Waals surface area contributed by atoms with Crippen LogP contribution in [0.15, 0.2) is 42.5 Å². The van der Waals surface area contributed by atoms with Crippen LogP contribution >= 0.6 is 22.6 Å². The molecule has 0 radical (unpaired) electrons. The summed E-state index contributed by atoms with van der Waals surface area (Å²) in [6, 6.07) is 14.0. The third kappa shape index (κ3) is 2.18. The number of benzene rings is 2. The molecular formula is C15H13IO2. The van der Waals surface area contributed by atoms with Gasteiger partial charge in [-0.15, -0.1) is 0 Å². The van der Waals surface area contributed by atoms with Crippen molar-refractivity contribution in [1.29, 1.82) is 0 Å². The number of ether oxygens (including phenoxy) is 1. The van der Waals surface area contributed by atoms with E-state index < -0.39 is 6.10 Å². The van der Waals surface area contributed by atoms with Crippen molar-refractivity contribution in [1.82, 2.24) is 0 Å². The Morgan fingerprint density at radius 1 is 1.06 bits per heavy atom. The number of fused-ring (bicyclic) bond motifs is 1. The molecule has 3 rings (SSSR count). The number of hydrogen-bond acceptors (Lipinski definition) is 2. The maximum Gasteiger partial charge on any atom is 0.105 e. The van der Waals surface area contributed by atoms with Crippen LogP contribution in [0.3, 0.4) is 0 Å². The quantitative estimate of drug-likeness (QED) is 0.840. The van der Waals surface area contributed by atoms with Crippen LogP contribution in [-0.2, 0) is 18.0 Å². The van der Waals surface area contributed by atoms with Crippen LogP contribution in [0.4, 0.5) is 0 Å². The van der Waals surface area contributed by atoms with Gasteiger partial charge in [-0.25, -0.2) is 0 Å². The lowest BCUT2D eigenvalue weighted by molar-refractivity contribution is 0.134. The fraction of sp³-hybridized carbons (Fsp3) is 0.200. The molecule has 1 aliphatic rings. The van der Waals surface area contributed by atoms with Gasteiger partial charge in [0.15, 0.2) is 0 Å². The van der Waals surface area contributed by atoms with Crippen molar-refractivity contribution >= 4 is 22.6 Å². The second kappa shape index (κ2) is 4.99. The molecule has 1 aliphatic heterocycles. The molecule has 1 N–H and O–H groups in total. The van der Waals surface area contributed by atoms with Gasteiger partial charge < -0.3 is 9.84 Å². The minimum absolute atomic E-state index is 0.566. The predicted molar refractivity (Wildman–Crippen MR) is 78.2 cm³/mol. The average Bonchev–Trinajstić information content (AvgIpc) is 2.85. The van der Waals surface area contributed by atoms with E-state index in [1.807, 2.05) is 30.3 Å². The third-order valence-corrected chi connectivity index (χ3v) is 4.24. The van der Waals surface area contributed by atoms with Crippen LogP contribution in [0.5, 0.6) is 0 Å². The molecule has 18 heavy (non-hydrogen) atoms. The van der Waals surface area contributed by atoms with E-state index in [1.165, 1.54) is 11.1 Å². The van der Waals surface area contributed by atoms with Gasteiger partial charge >= 0.3 is 0 Å². The van der Waals surface area contributed by atoms with Gasteiger partial charge in [-0.1, -0.05) is 36.4 Å². The summed E-state index contributed by atoms with van der Waals surface area (Å²) < 4.78 is 6.48. The van der Waals surface area contributed by atoms with Gasteiger partial charge in [0.05, 0.1) is 13.2 Å². The molecule has 0 spiro atoms. The Balaban J connectivity index is 1.98. The van der Waals surface area contributed by atoms with Gasteiger partial charge in [-0.2, -0.15) is 0 Å². The lowest BCUT2D eigenvalue weighted by Gasteiger charge is -2.14. The van der Waals surface area contributed by atoms with Crippen molar-refractivity contribution < 1.29 is 9.84 Å². The number of halogens is 1. The predicted octanol–water partition coefficient (Wildman–Crippen LogP) is 3.40. The van der Waals surface area contributed by atoms with Gasteiger partial charge in [0.2, 0.25) is 0 Å². The first-order valence-electron chi connectivity index (χ1n) is 5.87. The number of aliphatic hydroxyl groups is 1. The SMILES string of the molecule is OC(c1ccc2c(c1)COC2)c1ccccc1I. The highest BCUT2D eigenvalue weighted by Crippen LogP contribution is 2.29. The average molecular weight is 352 g/mol. The van der Waals surface area contributed by atoms with Crippen LogP contribution in [-0.4, -0.2) is 5.11 Å². The zero-order valence-corrected chi connectivity index (χ0v) is 11.9. The van der Waals surface area contributed by atoms with Crippen LogP contribution < -0.4 is 0 Å². The maximum atomic E-state index is 10.5. The Bertz CT molecular complexity index is 580. The van der Waals surface area contributed by atoms with E-state index in [1.54, 1.807) is 0 Å². The van der Waals surface area contributed by atoms with E-state index in [9.17, 15) is 5.11 Å². The topological polar surface area (TPSA) is 29.5 Å². The van der Waals surface area contributed by atoms with E-state index in [-0.39, 0.29) is 0 Å². The Kier molecular flexibility index (Phi) is 3.37. The van der Waals surface area contributed by atoms with Gasteiger partial charge in [-0.05, 0) is 50.9 Å². The summed E-state index contributed by atoms with van der Waals surface area (Å²) in [5.74, 6) is 0. The van der Waals surface area contributed by atoms with Crippen LogP contribution in [0.25, 0.3) is 0 Å². The van der Waals surface area contributed by atoms with Crippen LogP contribution in [0.1, 0.15) is 28.4 Å². The minimum Gasteiger partial charge on any atom is -0.384 e. The summed E-state index contributed by atoms with van der Waals surface area (Å²) in [5, 5.41) is 10.5. The molecule has 0 saturated heterocycles. The van der Waals surface area contributed by atoms with Crippen molar-refractivity contribution in [3.63, 3.8) is 0 Å². The van der Waals surface area contributed by atoms with Gasteiger partial charge in [-0.3, -0.25) is 0 Å². The molecule has 1 atom stereocenters. The standard InChI is InChI=1S/C15H13IO2/c16-14-4-2-1-3-13(14)15(17)10-5-6-11-8-18-9-12(11)7-10/h1-7,15,17H,8-9H2. The zero-order chi connectivity index (χ0) is 12.5. The molecule has 0 saturated carbocycles. The molecule has 0 aliphatic carbocycles. The minimum atomic E-state index is -0.566. The number of aliphatic hydroxyl groups excluding tert-OH is 1. The number of rotatable bonds is 2. The molecule has 92 valence electrons. The third-order valence-electron chi connectivity index (χ3n) is 3.26. The summed E-state index contributed by atoms with van der Waals surface area (Å²) in [6.07, 6.45) is -0.566. The first-order chi connectivity index (χ1) is 8.75. The van der Waals surface area contributed by atoms with E-state index in [4.69, 9.17) is 4.74 Å². The van der Waals surface area contributed by atoms with Gasteiger partial charge in [0.1, 0.15) is 6.10 Å². The highest BCUT2D eigenvalue weighted by molar-refractivity contribution is 14.1. The largest absolute Gasteiger partial charge is 0.384 e. The summed E-state index contributed by atoms with van der Waals surface area (Å²) >= 11 is 2.25. The first kappa shape index (κ1) is 12.1. The Morgan fingerprint density at radius 3 is 2.67 bits per heavy atom. The van der Waals surface area contributed by atoms with Crippen molar-refractivity contribution in [3.05, 3.63) is 68.3 Å². The van der Waals surface area contributed by atoms with Crippen molar-refractivity contribution in [3.8, 4) is 0 Å². The van der Waals surface area contributed by atoms with E-state index in [0.717, 1.165) is 14.7 Å².